The zero-order valence-electron chi connectivity index (χ0n) is 11.3. The fraction of sp³-hybridized carbons (Fsp3) is 0.214. The fourth-order valence-electron chi connectivity index (χ4n) is 1.86. The second-order valence-corrected chi connectivity index (χ2v) is 4.43. The molecule has 2 rings (SSSR count). The van der Waals surface area contributed by atoms with Gasteiger partial charge in [0.2, 0.25) is 5.91 Å². The molecule has 0 unspecified atom stereocenters. The van der Waals surface area contributed by atoms with Gasteiger partial charge < -0.3 is 15.1 Å². The minimum absolute atomic E-state index is 0.127. The predicted molar refractivity (Wildman–Crippen MR) is 72.8 cm³/mol. The van der Waals surface area contributed by atoms with Gasteiger partial charge in [-0.3, -0.25) is 9.59 Å². The number of primary amides is 1. The molecule has 2 aromatic heterocycles. The number of aromatic nitrogens is 1. The lowest BCUT2D eigenvalue weighted by molar-refractivity contribution is -0.118. The summed E-state index contributed by atoms with van der Waals surface area (Å²) in [6.45, 7) is 1.61. The number of hydrogen-bond acceptors (Lipinski definition) is 4. The van der Waals surface area contributed by atoms with Gasteiger partial charge in [-0.05, 0) is 31.2 Å². The van der Waals surface area contributed by atoms with E-state index in [9.17, 15) is 9.59 Å². The first-order valence-electron chi connectivity index (χ1n) is 6.04. The first kappa shape index (κ1) is 13.8. The number of furan rings is 1. The summed E-state index contributed by atoms with van der Waals surface area (Å²) in [6, 6.07) is 6.94. The van der Waals surface area contributed by atoms with E-state index in [0.29, 0.717) is 22.7 Å². The highest BCUT2D eigenvalue weighted by Crippen LogP contribution is 2.19. The van der Waals surface area contributed by atoms with Gasteiger partial charge in [-0.2, -0.15) is 0 Å². The number of rotatable bonds is 4. The number of aryl methyl sites for hydroxylation is 1. The molecule has 0 saturated carbocycles. The smallest absolute Gasteiger partial charge is 0.255 e. The summed E-state index contributed by atoms with van der Waals surface area (Å²) in [6.07, 6.45) is 1.56. The highest BCUT2D eigenvalue weighted by atomic mass is 16.3. The monoisotopic (exact) mass is 273 g/mol. The number of nitrogens with two attached hydrogens (primary N) is 1. The molecule has 20 heavy (non-hydrogen) atoms. The fourth-order valence-corrected chi connectivity index (χ4v) is 1.86. The Morgan fingerprint density at radius 1 is 1.35 bits per heavy atom. The van der Waals surface area contributed by atoms with Crippen LogP contribution in [0.3, 0.4) is 0 Å². The lowest BCUT2D eigenvalue weighted by Gasteiger charge is -2.16. The Morgan fingerprint density at radius 3 is 2.65 bits per heavy atom. The quantitative estimate of drug-likeness (QED) is 0.906. The molecular formula is C14H15N3O3. The Kier molecular flexibility index (Phi) is 3.84. The zero-order valence-corrected chi connectivity index (χ0v) is 11.3. The summed E-state index contributed by atoms with van der Waals surface area (Å²) in [4.78, 5) is 28.6. The number of pyridine rings is 1. The Morgan fingerprint density at radius 2 is 2.10 bits per heavy atom. The van der Waals surface area contributed by atoms with Gasteiger partial charge in [0.15, 0.2) is 5.76 Å². The van der Waals surface area contributed by atoms with Gasteiger partial charge in [0.1, 0.15) is 5.69 Å². The van der Waals surface area contributed by atoms with Crippen molar-refractivity contribution >= 4 is 11.8 Å². The van der Waals surface area contributed by atoms with Gasteiger partial charge in [0.05, 0.1) is 24.1 Å². The number of carbonyl (C=O) groups excluding carboxylic acids is 2. The standard InChI is InChI=1S/C14H15N3O3/c1-9-10(14(19)17(2)8-13(15)18)5-6-11(16-9)12-4-3-7-20-12/h3-7H,8H2,1-2H3,(H2,15,18). The van der Waals surface area contributed by atoms with Crippen LogP contribution in [0.4, 0.5) is 0 Å². The number of carbonyl (C=O) groups is 2. The molecule has 6 heteroatoms. The molecule has 104 valence electrons. The third kappa shape index (κ3) is 2.85. The zero-order chi connectivity index (χ0) is 14.7. The van der Waals surface area contributed by atoms with E-state index in [1.807, 2.05) is 0 Å². The second-order valence-electron chi connectivity index (χ2n) is 4.43. The molecule has 2 amide bonds. The summed E-state index contributed by atoms with van der Waals surface area (Å²) in [5.41, 5.74) is 6.73. The van der Waals surface area contributed by atoms with Crippen LogP contribution in [0.15, 0.2) is 34.9 Å². The van der Waals surface area contributed by atoms with Crippen LogP contribution in [0.1, 0.15) is 16.1 Å². The van der Waals surface area contributed by atoms with Crippen molar-refractivity contribution in [3.8, 4) is 11.5 Å². The van der Waals surface area contributed by atoms with Gasteiger partial charge in [-0.1, -0.05) is 0 Å². The molecule has 0 aliphatic carbocycles. The molecule has 0 aliphatic heterocycles. The van der Waals surface area contributed by atoms with E-state index in [1.54, 1.807) is 37.5 Å². The van der Waals surface area contributed by atoms with Crippen molar-refractivity contribution in [3.63, 3.8) is 0 Å². The van der Waals surface area contributed by atoms with E-state index in [1.165, 1.54) is 11.9 Å². The topological polar surface area (TPSA) is 89.4 Å². The van der Waals surface area contributed by atoms with Crippen LogP contribution in [0, 0.1) is 6.92 Å². The highest BCUT2D eigenvalue weighted by Gasteiger charge is 2.17. The van der Waals surface area contributed by atoms with Crippen molar-refractivity contribution in [1.29, 1.82) is 0 Å². The van der Waals surface area contributed by atoms with Gasteiger partial charge in [0.25, 0.3) is 5.91 Å². The van der Waals surface area contributed by atoms with E-state index in [2.05, 4.69) is 4.98 Å². The van der Waals surface area contributed by atoms with Gasteiger partial charge in [0, 0.05) is 7.05 Å². The van der Waals surface area contributed by atoms with E-state index in [0.717, 1.165) is 0 Å². The van der Waals surface area contributed by atoms with Crippen LogP contribution in [0.25, 0.3) is 11.5 Å². The molecule has 0 bridgehead atoms. The maximum atomic E-state index is 12.2. The van der Waals surface area contributed by atoms with Crippen LogP contribution in [-0.2, 0) is 4.79 Å². The Labute approximate surface area is 116 Å². The molecule has 6 nitrogen and oxygen atoms in total. The number of amides is 2. The molecule has 0 spiro atoms. The number of nitrogens with zero attached hydrogens (tertiary/aromatic N) is 2. The van der Waals surface area contributed by atoms with Crippen LogP contribution >= 0.6 is 0 Å². The Hall–Kier alpha value is -2.63. The maximum absolute atomic E-state index is 12.2. The highest BCUT2D eigenvalue weighted by molar-refractivity contribution is 5.97. The van der Waals surface area contributed by atoms with Gasteiger partial charge in [-0.25, -0.2) is 4.98 Å². The number of likely N-dealkylation sites (N-methyl/N-ethyl adjacent to an activating group) is 1. The average Bonchev–Trinajstić information content (AvgIpc) is 2.90. The SMILES string of the molecule is Cc1nc(-c2ccco2)ccc1C(=O)N(C)CC(N)=O. The van der Waals surface area contributed by atoms with Crippen LogP contribution < -0.4 is 5.73 Å². The van der Waals surface area contributed by atoms with Crippen LogP contribution in [0.2, 0.25) is 0 Å². The van der Waals surface area contributed by atoms with Crippen LogP contribution in [0.5, 0.6) is 0 Å². The van der Waals surface area contributed by atoms with E-state index < -0.39 is 5.91 Å². The van der Waals surface area contributed by atoms with Crippen molar-refractivity contribution < 1.29 is 14.0 Å². The van der Waals surface area contributed by atoms with Gasteiger partial charge >= 0.3 is 0 Å². The minimum atomic E-state index is -0.557. The van der Waals surface area contributed by atoms with Crippen molar-refractivity contribution in [1.82, 2.24) is 9.88 Å². The van der Waals surface area contributed by atoms with Crippen LogP contribution in [-0.4, -0.2) is 35.3 Å². The number of hydrogen-bond donors (Lipinski definition) is 1. The lowest BCUT2D eigenvalue weighted by atomic mass is 10.1. The Balaban J connectivity index is 2.26. The van der Waals surface area contributed by atoms with Crippen molar-refractivity contribution in [2.75, 3.05) is 13.6 Å². The summed E-state index contributed by atoms with van der Waals surface area (Å²) in [5.74, 6) is -0.212. The molecule has 0 aromatic carbocycles. The maximum Gasteiger partial charge on any atom is 0.255 e. The molecule has 0 radical (unpaired) electrons. The predicted octanol–water partition coefficient (Wildman–Crippen LogP) is 1.21. The van der Waals surface area contributed by atoms with Crippen molar-refractivity contribution in [3.05, 3.63) is 41.8 Å². The van der Waals surface area contributed by atoms with E-state index in [-0.39, 0.29) is 12.5 Å². The first-order chi connectivity index (χ1) is 9.49. The minimum Gasteiger partial charge on any atom is -0.463 e. The molecule has 0 saturated heterocycles. The van der Waals surface area contributed by atoms with E-state index in [4.69, 9.17) is 10.2 Å². The van der Waals surface area contributed by atoms with Crippen molar-refractivity contribution in [2.45, 2.75) is 6.92 Å². The average molecular weight is 273 g/mol. The molecule has 0 aliphatic rings. The largest absolute Gasteiger partial charge is 0.463 e. The second kappa shape index (κ2) is 5.56. The molecule has 0 atom stereocenters. The Bertz CT molecular complexity index is 635. The summed E-state index contributed by atoms with van der Waals surface area (Å²) in [5, 5.41) is 0. The molecule has 2 N–H and O–H groups in total. The van der Waals surface area contributed by atoms with Crippen molar-refractivity contribution in [2.24, 2.45) is 5.73 Å². The first-order valence-corrected chi connectivity index (χ1v) is 6.04. The third-order valence-electron chi connectivity index (χ3n) is 2.83. The summed E-state index contributed by atoms with van der Waals surface area (Å²) >= 11 is 0. The normalized spacial score (nSPS) is 10.3. The van der Waals surface area contributed by atoms with E-state index >= 15 is 0 Å². The lowest BCUT2D eigenvalue weighted by Crippen LogP contribution is -2.35. The molecular weight excluding hydrogens is 258 g/mol. The summed E-state index contributed by atoms with van der Waals surface area (Å²) in [7, 11) is 1.52. The van der Waals surface area contributed by atoms with Gasteiger partial charge in [-0.15, -0.1) is 0 Å². The molecule has 2 aromatic rings. The molecule has 2 heterocycles. The third-order valence-corrected chi connectivity index (χ3v) is 2.83. The summed E-state index contributed by atoms with van der Waals surface area (Å²) < 4.78 is 5.26. The molecule has 0 fully saturated rings.